The molecule has 2 aliphatic rings. The molecule has 2 rings (SSSR count). The highest BCUT2D eigenvalue weighted by atomic mass is 32.2. The van der Waals surface area contributed by atoms with Gasteiger partial charge in [-0.2, -0.15) is 11.8 Å². The second-order valence-electron chi connectivity index (χ2n) is 6.34. The summed E-state index contributed by atoms with van der Waals surface area (Å²) < 4.78 is 0. The van der Waals surface area contributed by atoms with E-state index in [9.17, 15) is 5.11 Å². The Kier molecular flexibility index (Phi) is 5.40. The summed E-state index contributed by atoms with van der Waals surface area (Å²) in [5.41, 5.74) is -0.414. The SMILES string of the molecule is CCS[C@H]1CC[C@@]1(O)CNCC1CCC(C)CC1. The number of rotatable bonds is 6. The Balaban J connectivity index is 1.63. The highest BCUT2D eigenvalue weighted by molar-refractivity contribution is 8.00. The number of hydrogen-bond acceptors (Lipinski definition) is 3. The zero-order valence-electron chi connectivity index (χ0n) is 12.0. The average Bonchev–Trinajstić information content (AvgIpc) is 2.37. The van der Waals surface area contributed by atoms with Gasteiger partial charge in [0.05, 0.1) is 5.60 Å². The maximum absolute atomic E-state index is 10.5. The lowest BCUT2D eigenvalue weighted by molar-refractivity contribution is -0.0240. The van der Waals surface area contributed by atoms with Crippen LogP contribution in [0.4, 0.5) is 0 Å². The summed E-state index contributed by atoms with van der Waals surface area (Å²) in [5.74, 6) is 2.90. The molecule has 2 saturated carbocycles. The maximum Gasteiger partial charge on any atom is 0.0889 e. The van der Waals surface area contributed by atoms with Crippen molar-refractivity contribution in [3.63, 3.8) is 0 Å². The number of nitrogens with one attached hydrogen (secondary N) is 1. The van der Waals surface area contributed by atoms with E-state index in [0.29, 0.717) is 5.25 Å². The molecule has 0 saturated heterocycles. The highest BCUT2D eigenvalue weighted by Crippen LogP contribution is 2.40. The second-order valence-corrected chi connectivity index (χ2v) is 7.82. The number of thioether (sulfide) groups is 1. The Labute approximate surface area is 116 Å². The van der Waals surface area contributed by atoms with Crippen molar-refractivity contribution in [3.8, 4) is 0 Å². The molecule has 3 heteroatoms. The van der Waals surface area contributed by atoms with Gasteiger partial charge in [-0.1, -0.05) is 26.7 Å². The first-order valence-corrected chi connectivity index (χ1v) is 8.73. The smallest absolute Gasteiger partial charge is 0.0889 e. The quantitative estimate of drug-likeness (QED) is 0.779. The Morgan fingerprint density at radius 1 is 1.22 bits per heavy atom. The van der Waals surface area contributed by atoms with Crippen molar-refractivity contribution in [1.29, 1.82) is 0 Å². The monoisotopic (exact) mass is 271 g/mol. The molecule has 18 heavy (non-hydrogen) atoms. The van der Waals surface area contributed by atoms with E-state index in [1.54, 1.807) is 0 Å². The van der Waals surface area contributed by atoms with Crippen molar-refractivity contribution in [1.82, 2.24) is 5.32 Å². The summed E-state index contributed by atoms with van der Waals surface area (Å²) >= 11 is 1.92. The van der Waals surface area contributed by atoms with Crippen LogP contribution in [-0.4, -0.2) is 34.8 Å². The molecule has 106 valence electrons. The van der Waals surface area contributed by atoms with Crippen LogP contribution in [0.25, 0.3) is 0 Å². The van der Waals surface area contributed by atoms with Crippen LogP contribution in [0.2, 0.25) is 0 Å². The average molecular weight is 271 g/mol. The topological polar surface area (TPSA) is 32.3 Å². The molecule has 0 aromatic rings. The van der Waals surface area contributed by atoms with Crippen LogP contribution in [0, 0.1) is 11.8 Å². The zero-order valence-corrected chi connectivity index (χ0v) is 12.8. The molecule has 2 N–H and O–H groups in total. The third kappa shape index (κ3) is 3.64. The molecule has 0 aromatic heterocycles. The standard InChI is InChI=1S/C15H29NOS/c1-3-18-14-8-9-15(14,17)11-16-10-13-6-4-12(2)5-7-13/h12-14,16-17H,3-11H2,1-2H3/t12?,13?,14-,15+/m0/s1. The van der Waals surface area contributed by atoms with Gasteiger partial charge in [0.15, 0.2) is 0 Å². The van der Waals surface area contributed by atoms with E-state index in [-0.39, 0.29) is 0 Å². The van der Waals surface area contributed by atoms with Crippen LogP contribution in [-0.2, 0) is 0 Å². The normalized spacial score (nSPS) is 40.5. The van der Waals surface area contributed by atoms with Crippen LogP contribution < -0.4 is 5.32 Å². The molecule has 0 bridgehead atoms. The molecule has 0 aromatic carbocycles. The van der Waals surface area contributed by atoms with Crippen molar-refractivity contribution >= 4 is 11.8 Å². The molecule has 0 spiro atoms. The minimum atomic E-state index is -0.414. The van der Waals surface area contributed by atoms with Crippen LogP contribution >= 0.6 is 11.8 Å². The Morgan fingerprint density at radius 2 is 1.94 bits per heavy atom. The van der Waals surface area contributed by atoms with Crippen LogP contribution in [0.5, 0.6) is 0 Å². The highest BCUT2D eigenvalue weighted by Gasteiger charge is 2.44. The fourth-order valence-electron chi connectivity index (χ4n) is 3.26. The van der Waals surface area contributed by atoms with Gasteiger partial charge in [-0.3, -0.25) is 0 Å². The van der Waals surface area contributed by atoms with Crippen LogP contribution in [0.1, 0.15) is 52.4 Å². The second kappa shape index (κ2) is 6.62. The maximum atomic E-state index is 10.5. The van der Waals surface area contributed by atoms with Crippen LogP contribution in [0.3, 0.4) is 0 Å². The molecular formula is C15H29NOS. The van der Waals surface area contributed by atoms with Crippen molar-refractivity contribution in [2.45, 2.75) is 63.2 Å². The Hall–Kier alpha value is 0.270. The third-order valence-corrected chi connectivity index (χ3v) is 6.22. The van der Waals surface area contributed by atoms with Gasteiger partial charge in [0.25, 0.3) is 0 Å². The zero-order chi connectivity index (χ0) is 13.0. The predicted molar refractivity (Wildman–Crippen MR) is 80.1 cm³/mol. The lowest BCUT2D eigenvalue weighted by atomic mass is 9.79. The first kappa shape index (κ1) is 14.7. The van der Waals surface area contributed by atoms with E-state index in [1.807, 2.05) is 11.8 Å². The molecule has 0 radical (unpaired) electrons. The van der Waals surface area contributed by atoms with Gasteiger partial charge in [-0.25, -0.2) is 0 Å². The van der Waals surface area contributed by atoms with Gasteiger partial charge in [0.2, 0.25) is 0 Å². The molecule has 0 unspecified atom stereocenters. The van der Waals surface area contributed by atoms with Crippen molar-refractivity contribution in [3.05, 3.63) is 0 Å². The van der Waals surface area contributed by atoms with Crippen molar-refractivity contribution in [2.24, 2.45) is 11.8 Å². The Morgan fingerprint density at radius 3 is 2.50 bits per heavy atom. The molecule has 2 fully saturated rings. The van der Waals surface area contributed by atoms with E-state index in [4.69, 9.17) is 0 Å². The fourth-order valence-corrected chi connectivity index (χ4v) is 4.46. The van der Waals surface area contributed by atoms with E-state index >= 15 is 0 Å². The largest absolute Gasteiger partial charge is 0.387 e. The molecule has 2 nitrogen and oxygen atoms in total. The molecular weight excluding hydrogens is 242 g/mol. The third-order valence-electron chi connectivity index (χ3n) is 4.81. The van der Waals surface area contributed by atoms with Crippen molar-refractivity contribution in [2.75, 3.05) is 18.8 Å². The summed E-state index contributed by atoms with van der Waals surface area (Å²) in [6.45, 7) is 6.46. The summed E-state index contributed by atoms with van der Waals surface area (Å²) in [7, 11) is 0. The molecule has 0 aliphatic heterocycles. The lowest BCUT2D eigenvalue weighted by Crippen LogP contribution is -2.56. The van der Waals surface area contributed by atoms with Gasteiger partial charge in [-0.15, -0.1) is 0 Å². The van der Waals surface area contributed by atoms with E-state index in [0.717, 1.165) is 37.1 Å². The number of aliphatic hydroxyl groups is 1. The van der Waals surface area contributed by atoms with E-state index in [2.05, 4.69) is 19.2 Å². The lowest BCUT2D eigenvalue weighted by Gasteiger charge is -2.45. The molecule has 0 amide bonds. The minimum Gasteiger partial charge on any atom is -0.387 e. The van der Waals surface area contributed by atoms with E-state index < -0.39 is 5.60 Å². The van der Waals surface area contributed by atoms with Gasteiger partial charge in [0, 0.05) is 11.8 Å². The van der Waals surface area contributed by atoms with E-state index in [1.165, 1.54) is 32.1 Å². The summed E-state index contributed by atoms with van der Waals surface area (Å²) in [6, 6.07) is 0. The van der Waals surface area contributed by atoms with Gasteiger partial charge in [-0.05, 0) is 49.8 Å². The molecule has 0 heterocycles. The predicted octanol–water partition coefficient (Wildman–Crippen LogP) is 3.05. The summed E-state index contributed by atoms with van der Waals surface area (Å²) in [5, 5.41) is 14.5. The molecule has 2 aliphatic carbocycles. The number of hydrogen-bond donors (Lipinski definition) is 2. The fraction of sp³-hybridized carbons (Fsp3) is 1.00. The summed E-state index contributed by atoms with van der Waals surface area (Å²) in [6.07, 6.45) is 7.71. The summed E-state index contributed by atoms with van der Waals surface area (Å²) in [4.78, 5) is 0. The molecule has 2 atom stereocenters. The van der Waals surface area contributed by atoms with Gasteiger partial charge >= 0.3 is 0 Å². The van der Waals surface area contributed by atoms with Crippen LogP contribution in [0.15, 0.2) is 0 Å². The first-order chi connectivity index (χ1) is 8.64. The Bertz CT molecular complexity index is 253. The van der Waals surface area contributed by atoms with Crippen molar-refractivity contribution < 1.29 is 5.11 Å². The van der Waals surface area contributed by atoms with Gasteiger partial charge in [0.1, 0.15) is 0 Å². The first-order valence-electron chi connectivity index (χ1n) is 7.68. The van der Waals surface area contributed by atoms with Gasteiger partial charge < -0.3 is 10.4 Å². The minimum absolute atomic E-state index is 0.414.